The number of carbonyl (C=O) groups is 1. The van der Waals surface area contributed by atoms with Gasteiger partial charge in [0.15, 0.2) is 0 Å². The molecule has 0 aromatic carbocycles. The van der Waals surface area contributed by atoms with E-state index in [2.05, 4.69) is 30.5 Å². The van der Waals surface area contributed by atoms with E-state index in [0.29, 0.717) is 12.8 Å². The molecule has 0 aliphatic carbocycles. The summed E-state index contributed by atoms with van der Waals surface area (Å²) in [6.07, 6.45) is 62.0. The van der Waals surface area contributed by atoms with Gasteiger partial charge in [0.05, 0.1) is 5.92 Å². The Hall–Kier alpha value is -0.640. The Morgan fingerprint density at radius 3 is 0.839 bits per heavy atom. The lowest BCUT2D eigenvalue weighted by Gasteiger charge is -2.16. The minimum absolute atomic E-state index is 0.404. The van der Waals surface area contributed by atoms with Crippen LogP contribution in [0.25, 0.3) is 0 Å². The molecule has 0 aliphatic heterocycles. The second-order valence-corrected chi connectivity index (χ2v) is 18.8. The summed E-state index contributed by atoms with van der Waals surface area (Å²) < 4.78 is 15.8. The van der Waals surface area contributed by atoms with E-state index >= 15 is 0 Å². The highest BCUT2D eigenvalue weighted by atomic mass is 31.2. The number of hydrogen-bond acceptors (Lipinski definition) is 3. The topological polar surface area (TPSA) is 83.8 Å². The fourth-order valence-electron chi connectivity index (χ4n) is 8.27. The van der Waals surface area contributed by atoms with Crippen molar-refractivity contribution in [3.63, 3.8) is 0 Å². The van der Waals surface area contributed by atoms with Crippen LogP contribution in [0.3, 0.4) is 0 Å². The van der Waals surface area contributed by atoms with Crippen molar-refractivity contribution in [2.45, 2.75) is 296 Å². The van der Waals surface area contributed by atoms with Gasteiger partial charge >= 0.3 is 13.8 Å². The molecule has 0 aromatic rings. The molecule has 2 N–H and O–H groups in total. The predicted octanol–water partition coefficient (Wildman–Crippen LogP) is 18.0. The van der Waals surface area contributed by atoms with Crippen molar-refractivity contribution in [1.29, 1.82) is 0 Å². The van der Waals surface area contributed by atoms with E-state index in [4.69, 9.17) is 0 Å². The zero-order valence-electron chi connectivity index (χ0n) is 37.9. The number of hydrogen-bond donors (Lipinski definition) is 2. The van der Waals surface area contributed by atoms with Gasteiger partial charge in [-0.25, -0.2) is 4.57 Å². The summed E-state index contributed by atoms with van der Waals surface area (Å²) >= 11 is 0. The highest BCUT2D eigenvalue weighted by Crippen LogP contribution is 2.38. The summed E-state index contributed by atoms with van der Waals surface area (Å²) in [5.41, 5.74) is 0. The Morgan fingerprint density at radius 2 is 0.607 bits per heavy atom. The van der Waals surface area contributed by atoms with E-state index in [1.54, 1.807) is 0 Å². The van der Waals surface area contributed by atoms with Crippen molar-refractivity contribution >= 4 is 13.8 Å². The molecule has 0 radical (unpaired) electrons. The van der Waals surface area contributed by atoms with Crippen molar-refractivity contribution in [3.8, 4) is 0 Å². The summed E-state index contributed by atoms with van der Waals surface area (Å²) in [6.45, 7) is 4.56. The fraction of sp³-hybridized carbons (Fsp3) is 0.940. The second kappa shape index (κ2) is 45.4. The number of rotatable bonds is 47. The number of allylic oxidation sites excluding steroid dienone is 2. The Kier molecular flexibility index (Phi) is 44.9. The van der Waals surface area contributed by atoms with Gasteiger partial charge in [-0.1, -0.05) is 270 Å². The van der Waals surface area contributed by atoms with E-state index in [9.17, 15) is 19.1 Å². The Morgan fingerprint density at radius 1 is 0.393 bits per heavy atom. The van der Waals surface area contributed by atoms with Crippen molar-refractivity contribution < 1.29 is 23.7 Å². The fourth-order valence-corrected chi connectivity index (χ4v) is 8.65. The molecule has 5 nitrogen and oxygen atoms in total. The standard InChI is InChI=1S/C50H99O5P/c1-3-5-7-9-11-13-15-17-19-20-21-22-23-24-25-26-27-28-29-30-31-32-33-34-36-38-40-42-44-46-48-49(50(51)55-56(52,53)54)47-45-43-41-39-37-35-18-16-14-12-10-8-6-4-2/h34,36,49H,3-33,35,37-48H2,1-2H3,(H2,52,53,54). The van der Waals surface area contributed by atoms with Crippen molar-refractivity contribution in [1.82, 2.24) is 0 Å². The zero-order valence-corrected chi connectivity index (χ0v) is 38.8. The third-order valence-corrected chi connectivity index (χ3v) is 12.4. The molecule has 1 unspecified atom stereocenters. The first-order chi connectivity index (χ1) is 27.4. The van der Waals surface area contributed by atoms with Gasteiger partial charge in [-0.2, -0.15) is 0 Å². The lowest BCUT2D eigenvalue weighted by atomic mass is 9.94. The molecule has 56 heavy (non-hydrogen) atoms. The normalized spacial score (nSPS) is 12.6. The average Bonchev–Trinajstić information content (AvgIpc) is 3.17. The van der Waals surface area contributed by atoms with E-state index in [-0.39, 0.29) is 0 Å². The molecule has 0 rings (SSSR count). The van der Waals surface area contributed by atoms with Gasteiger partial charge in [0.2, 0.25) is 0 Å². The van der Waals surface area contributed by atoms with Gasteiger partial charge in [0, 0.05) is 0 Å². The molecule has 334 valence electrons. The molecule has 6 heteroatoms. The molecule has 1 atom stereocenters. The highest BCUT2D eigenvalue weighted by Gasteiger charge is 2.27. The van der Waals surface area contributed by atoms with Crippen molar-refractivity contribution in [2.75, 3.05) is 0 Å². The van der Waals surface area contributed by atoms with Crippen molar-refractivity contribution in [3.05, 3.63) is 12.2 Å². The Balaban J connectivity index is 3.63. The third kappa shape index (κ3) is 46.1. The van der Waals surface area contributed by atoms with Crippen LogP contribution in [0.5, 0.6) is 0 Å². The monoisotopic (exact) mass is 811 g/mol. The van der Waals surface area contributed by atoms with E-state index < -0.39 is 19.7 Å². The van der Waals surface area contributed by atoms with Gasteiger partial charge in [-0.15, -0.1) is 0 Å². The van der Waals surface area contributed by atoms with Crippen LogP contribution in [-0.2, 0) is 13.9 Å². The van der Waals surface area contributed by atoms with Gasteiger partial charge in [-0.3, -0.25) is 14.6 Å². The highest BCUT2D eigenvalue weighted by molar-refractivity contribution is 7.46. The van der Waals surface area contributed by atoms with E-state index in [1.165, 1.54) is 225 Å². The number of phosphoric acid groups is 1. The lowest BCUT2D eigenvalue weighted by Crippen LogP contribution is -2.17. The molecule has 0 aromatic heterocycles. The Bertz CT molecular complexity index is 854. The average molecular weight is 811 g/mol. The van der Waals surface area contributed by atoms with Crippen LogP contribution in [0.1, 0.15) is 296 Å². The van der Waals surface area contributed by atoms with Gasteiger partial charge in [-0.05, 0) is 38.5 Å². The smallest absolute Gasteiger partial charge is 0.370 e. The maximum Gasteiger partial charge on any atom is 0.526 e. The van der Waals surface area contributed by atoms with Crippen LogP contribution in [0.4, 0.5) is 0 Å². The summed E-state index contributed by atoms with van der Waals surface area (Å²) in [7, 11) is -4.79. The Labute approximate surface area is 350 Å². The minimum atomic E-state index is -4.79. The molecule has 0 heterocycles. The summed E-state index contributed by atoms with van der Waals surface area (Å²) in [6, 6.07) is 0. The number of phosphoric ester groups is 1. The lowest BCUT2D eigenvalue weighted by molar-refractivity contribution is -0.140. The molecule has 0 aliphatic rings. The summed E-state index contributed by atoms with van der Waals surface area (Å²) in [5, 5.41) is 0. The van der Waals surface area contributed by atoms with Gasteiger partial charge in [0.1, 0.15) is 0 Å². The maximum absolute atomic E-state index is 12.5. The largest absolute Gasteiger partial charge is 0.526 e. The van der Waals surface area contributed by atoms with Gasteiger partial charge in [0.25, 0.3) is 0 Å². The molecule has 0 saturated heterocycles. The molecule has 0 bridgehead atoms. The van der Waals surface area contributed by atoms with E-state index in [1.807, 2.05) is 0 Å². The summed E-state index contributed by atoms with van der Waals surface area (Å²) in [4.78, 5) is 30.8. The van der Waals surface area contributed by atoms with Crippen LogP contribution in [0.15, 0.2) is 12.2 Å². The number of unbranched alkanes of at least 4 members (excludes halogenated alkanes) is 39. The number of carbonyl (C=O) groups excluding carboxylic acids is 1. The molecule has 0 spiro atoms. The van der Waals surface area contributed by atoms with Crippen molar-refractivity contribution in [2.24, 2.45) is 5.92 Å². The third-order valence-electron chi connectivity index (χ3n) is 12.0. The zero-order chi connectivity index (χ0) is 40.9. The van der Waals surface area contributed by atoms with Gasteiger partial charge < -0.3 is 4.52 Å². The molecule has 0 fully saturated rings. The first-order valence-corrected chi connectivity index (χ1v) is 26.9. The summed E-state index contributed by atoms with van der Waals surface area (Å²) in [5.74, 6) is -1.12. The van der Waals surface area contributed by atoms with Crippen LogP contribution in [0, 0.1) is 5.92 Å². The molecule has 0 saturated carbocycles. The molecular formula is C50H99O5P. The second-order valence-electron chi connectivity index (χ2n) is 17.7. The van der Waals surface area contributed by atoms with Crippen LogP contribution in [0.2, 0.25) is 0 Å². The molecular weight excluding hydrogens is 712 g/mol. The maximum atomic E-state index is 12.5. The predicted molar refractivity (Wildman–Crippen MR) is 245 cm³/mol. The first-order valence-electron chi connectivity index (χ1n) is 25.3. The van der Waals surface area contributed by atoms with Crippen LogP contribution < -0.4 is 0 Å². The minimum Gasteiger partial charge on any atom is -0.370 e. The first kappa shape index (κ1) is 55.4. The quantitative estimate of drug-likeness (QED) is 0.0363. The molecule has 0 amide bonds. The SMILES string of the molecule is CCCCCCCCCCCCCCCCCCCCCCCCC=CCCCCCCC(CCCCCCCCCCCCCCCC)C(=O)OP(=O)(O)O. The van der Waals surface area contributed by atoms with Crippen LogP contribution in [-0.4, -0.2) is 15.8 Å². The van der Waals surface area contributed by atoms with E-state index in [0.717, 1.165) is 44.9 Å². The van der Waals surface area contributed by atoms with Crippen LogP contribution >= 0.6 is 7.82 Å².